The summed E-state index contributed by atoms with van der Waals surface area (Å²) in [4.78, 5) is 19.0. The molecule has 0 atom stereocenters. The lowest BCUT2D eigenvalue weighted by molar-refractivity contribution is 0.203. The highest BCUT2D eigenvalue weighted by molar-refractivity contribution is 5.85. The number of halogens is 1. The van der Waals surface area contributed by atoms with Gasteiger partial charge in [-0.3, -0.25) is 14.1 Å². The molecule has 1 aliphatic rings. The molecule has 0 saturated carbocycles. The fourth-order valence-electron chi connectivity index (χ4n) is 2.68. The predicted molar refractivity (Wildman–Crippen MR) is 85.9 cm³/mol. The largest absolute Gasteiger partial charge is 0.328 e. The summed E-state index contributed by atoms with van der Waals surface area (Å²) in [6.07, 6.45) is 3.87. The van der Waals surface area contributed by atoms with E-state index in [0.717, 1.165) is 43.7 Å². The topological polar surface area (TPSA) is 63.6 Å². The minimum absolute atomic E-state index is 0. The van der Waals surface area contributed by atoms with Gasteiger partial charge in [0.25, 0.3) is 5.56 Å². The third-order valence-corrected chi connectivity index (χ3v) is 3.88. The van der Waals surface area contributed by atoms with Crippen LogP contribution >= 0.6 is 12.4 Å². The summed E-state index contributed by atoms with van der Waals surface area (Å²) in [5, 5.41) is 0. The minimum Gasteiger partial charge on any atom is -0.328 e. The summed E-state index contributed by atoms with van der Waals surface area (Å²) in [6, 6.07) is 5.84. The maximum atomic E-state index is 12.1. The third-order valence-electron chi connectivity index (χ3n) is 3.88. The fourth-order valence-corrected chi connectivity index (χ4v) is 2.68. The Hall–Kier alpha value is -1.43. The highest BCUT2D eigenvalue weighted by Gasteiger charge is 2.16. The fraction of sp³-hybridized carbons (Fsp3) is 0.467. The summed E-state index contributed by atoms with van der Waals surface area (Å²) in [7, 11) is 0. The Kier molecular flexibility index (Phi) is 4.98. The summed E-state index contributed by atoms with van der Waals surface area (Å²) in [5.41, 5.74) is 8.51. The number of piperidine rings is 1. The second-order valence-electron chi connectivity index (χ2n) is 5.63. The number of fused-ring (bicyclic) bond motifs is 1. The van der Waals surface area contributed by atoms with Crippen LogP contribution in [0.5, 0.6) is 0 Å². The predicted octanol–water partition coefficient (Wildman–Crippen LogP) is 1.35. The molecule has 0 aliphatic carbocycles. The van der Waals surface area contributed by atoms with E-state index in [4.69, 9.17) is 5.73 Å². The van der Waals surface area contributed by atoms with Gasteiger partial charge in [-0.25, -0.2) is 4.98 Å². The van der Waals surface area contributed by atoms with E-state index < -0.39 is 0 Å². The Balaban J connectivity index is 0.00000161. The van der Waals surface area contributed by atoms with Crippen LogP contribution in [0.25, 0.3) is 5.65 Å². The highest BCUT2D eigenvalue weighted by atomic mass is 35.5. The van der Waals surface area contributed by atoms with Gasteiger partial charge in [-0.2, -0.15) is 0 Å². The average molecular weight is 309 g/mol. The first-order valence-corrected chi connectivity index (χ1v) is 7.09. The van der Waals surface area contributed by atoms with Gasteiger partial charge in [0, 0.05) is 37.9 Å². The van der Waals surface area contributed by atoms with E-state index in [-0.39, 0.29) is 18.0 Å². The molecular formula is C15H21ClN4O. The van der Waals surface area contributed by atoms with Crippen LogP contribution in [0.4, 0.5) is 0 Å². The third kappa shape index (κ3) is 3.61. The number of nitrogens with two attached hydrogens (primary N) is 1. The lowest BCUT2D eigenvalue weighted by Gasteiger charge is -2.29. The molecule has 0 unspecified atom stereocenters. The standard InChI is InChI=1S/C15H20N4O.ClH/c1-11-2-3-14-17-13(8-15(20)19(14)9-11)10-18-6-4-12(16)5-7-18;/h2-3,8-9,12H,4-7,10,16H2,1H3;1H. The first kappa shape index (κ1) is 15.9. The van der Waals surface area contributed by atoms with E-state index in [2.05, 4.69) is 9.88 Å². The normalized spacial score (nSPS) is 16.9. The molecule has 114 valence electrons. The summed E-state index contributed by atoms with van der Waals surface area (Å²) in [6.45, 7) is 4.66. The van der Waals surface area contributed by atoms with Crippen LogP contribution < -0.4 is 11.3 Å². The summed E-state index contributed by atoms with van der Waals surface area (Å²) in [5.74, 6) is 0. The maximum Gasteiger partial charge on any atom is 0.258 e. The number of likely N-dealkylation sites (tertiary alicyclic amines) is 1. The van der Waals surface area contributed by atoms with Crippen molar-refractivity contribution < 1.29 is 0 Å². The van der Waals surface area contributed by atoms with Gasteiger partial charge in [0.05, 0.1) is 5.69 Å². The Morgan fingerprint density at radius 3 is 2.76 bits per heavy atom. The maximum absolute atomic E-state index is 12.1. The highest BCUT2D eigenvalue weighted by Crippen LogP contribution is 2.11. The van der Waals surface area contributed by atoms with Crippen molar-refractivity contribution in [3.05, 3.63) is 46.0 Å². The number of aromatic nitrogens is 2. The molecule has 1 aliphatic heterocycles. The second-order valence-corrected chi connectivity index (χ2v) is 5.63. The van der Waals surface area contributed by atoms with Gasteiger partial charge in [0.15, 0.2) is 0 Å². The van der Waals surface area contributed by atoms with Gasteiger partial charge < -0.3 is 5.73 Å². The van der Waals surface area contributed by atoms with Crippen molar-refractivity contribution in [2.45, 2.75) is 32.4 Å². The molecule has 0 spiro atoms. The Labute approximate surface area is 130 Å². The second kappa shape index (κ2) is 6.56. The molecule has 0 aromatic carbocycles. The van der Waals surface area contributed by atoms with Gasteiger partial charge >= 0.3 is 0 Å². The Bertz CT molecular complexity index is 677. The lowest BCUT2D eigenvalue weighted by atomic mass is 10.1. The zero-order valence-corrected chi connectivity index (χ0v) is 13.0. The number of aryl methyl sites for hydroxylation is 1. The van der Waals surface area contributed by atoms with Crippen LogP contribution in [0.1, 0.15) is 24.1 Å². The van der Waals surface area contributed by atoms with Gasteiger partial charge in [0.2, 0.25) is 0 Å². The number of nitrogens with zero attached hydrogens (tertiary/aromatic N) is 3. The molecule has 0 radical (unpaired) electrons. The van der Waals surface area contributed by atoms with Crippen molar-refractivity contribution in [3.8, 4) is 0 Å². The van der Waals surface area contributed by atoms with Crippen molar-refractivity contribution in [2.24, 2.45) is 5.73 Å². The van der Waals surface area contributed by atoms with E-state index in [9.17, 15) is 4.79 Å². The van der Waals surface area contributed by atoms with Crippen LogP contribution in [-0.2, 0) is 6.54 Å². The monoisotopic (exact) mass is 308 g/mol. The SMILES string of the molecule is Cc1ccc2nc(CN3CCC(N)CC3)cc(=O)n2c1.Cl. The van der Waals surface area contributed by atoms with E-state index in [0.29, 0.717) is 11.7 Å². The molecule has 1 saturated heterocycles. The zero-order valence-electron chi connectivity index (χ0n) is 12.2. The lowest BCUT2D eigenvalue weighted by Crippen LogP contribution is -2.39. The molecule has 5 nitrogen and oxygen atoms in total. The van der Waals surface area contributed by atoms with E-state index in [1.54, 1.807) is 10.5 Å². The number of rotatable bonds is 2. The van der Waals surface area contributed by atoms with Gasteiger partial charge in [-0.15, -0.1) is 12.4 Å². The van der Waals surface area contributed by atoms with E-state index in [1.165, 1.54) is 0 Å². The Morgan fingerprint density at radius 2 is 2.05 bits per heavy atom. The van der Waals surface area contributed by atoms with Crippen molar-refractivity contribution in [1.29, 1.82) is 0 Å². The van der Waals surface area contributed by atoms with Crippen molar-refractivity contribution in [2.75, 3.05) is 13.1 Å². The van der Waals surface area contributed by atoms with E-state index >= 15 is 0 Å². The van der Waals surface area contributed by atoms with Gasteiger partial charge in [0.1, 0.15) is 5.65 Å². The van der Waals surface area contributed by atoms with Crippen LogP contribution in [0.3, 0.4) is 0 Å². The smallest absolute Gasteiger partial charge is 0.258 e. The molecular weight excluding hydrogens is 288 g/mol. The molecule has 3 rings (SSSR count). The molecule has 2 aromatic heterocycles. The molecule has 0 amide bonds. The minimum atomic E-state index is -0.0117. The first-order valence-electron chi connectivity index (χ1n) is 7.09. The molecule has 3 heterocycles. The molecule has 6 heteroatoms. The molecule has 0 bridgehead atoms. The quantitative estimate of drug-likeness (QED) is 0.909. The summed E-state index contributed by atoms with van der Waals surface area (Å²) >= 11 is 0. The van der Waals surface area contributed by atoms with E-state index in [1.807, 2.05) is 25.3 Å². The average Bonchev–Trinajstić information content (AvgIpc) is 2.42. The number of hydrogen-bond donors (Lipinski definition) is 1. The van der Waals surface area contributed by atoms with Crippen LogP contribution in [0.2, 0.25) is 0 Å². The number of hydrogen-bond acceptors (Lipinski definition) is 4. The first-order chi connectivity index (χ1) is 9.61. The van der Waals surface area contributed by atoms with Crippen molar-refractivity contribution in [1.82, 2.24) is 14.3 Å². The van der Waals surface area contributed by atoms with Crippen molar-refractivity contribution in [3.63, 3.8) is 0 Å². The van der Waals surface area contributed by atoms with Crippen LogP contribution in [-0.4, -0.2) is 33.4 Å². The van der Waals surface area contributed by atoms with Gasteiger partial charge in [-0.1, -0.05) is 6.07 Å². The van der Waals surface area contributed by atoms with Crippen LogP contribution in [0.15, 0.2) is 29.2 Å². The molecule has 21 heavy (non-hydrogen) atoms. The van der Waals surface area contributed by atoms with Crippen LogP contribution in [0, 0.1) is 6.92 Å². The zero-order chi connectivity index (χ0) is 14.1. The molecule has 2 aromatic rings. The van der Waals surface area contributed by atoms with Crippen molar-refractivity contribution >= 4 is 18.1 Å². The number of pyridine rings is 1. The molecule has 1 fully saturated rings. The summed E-state index contributed by atoms with van der Waals surface area (Å²) < 4.78 is 1.60. The van der Waals surface area contributed by atoms with Gasteiger partial charge in [-0.05, 0) is 31.4 Å². The molecule has 2 N–H and O–H groups in total. The Morgan fingerprint density at radius 1 is 1.33 bits per heavy atom.